The van der Waals surface area contributed by atoms with E-state index in [0.717, 1.165) is 10.2 Å². The van der Waals surface area contributed by atoms with Crippen molar-refractivity contribution in [2.24, 2.45) is 5.84 Å². The molecule has 3 nitrogen and oxygen atoms in total. The van der Waals surface area contributed by atoms with Crippen molar-refractivity contribution < 1.29 is 4.39 Å². The van der Waals surface area contributed by atoms with Crippen molar-refractivity contribution in [3.05, 3.63) is 34.2 Å². The van der Waals surface area contributed by atoms with Crippen molar-refractivity contribution >= 4 is 32.5 Å². The number of halogens is 2. The van der Waals surface area contributed by atoms with Gasteiger partial charge in [-0.3, -0.25) is 5.84 Å². The van der Waals surface area contributed by atoms with Gasteiger partial charge in [-0.05, 0) is 24.1 Å². The molecule has 2 aromatic rings. The minimum absolute atomic E-state index is 0.213. The lowest BCUT2D eigenvalue weighted by Gasteiger charge is -2.12. The number of hydrogen-bond donors (Lipinski definition) is 2. The van der Waals surface area contributed by atoms with Gasteiger partial charge in [0.15, 0.2) is 0 Å². The molecule has 1 aromatic carbocycles. The summed E-state index contributed by atoms with van der Waals surface area (Å²) in [6, 6.07) is 4.89. The van der Waals surface area contributed by atoms with Crippen molar-refractivity contribution in [3.8, 4) is 0 Å². The molecule has 2 rings (SSSR count). The molecule has 17 heavy (non-hydrogen) atoms. The second-order valence-electron chi connectivity index (χ2n) is 4.15. The molecule has 3 N–H and O–H groups in total. The fourth-order valence-corrected chi connectivity index (χ4v) is 2.23. The average molecular weight is 298 g/mol. The molecule has 0 aliphatic heterocycles. The van der Waals surface area contributed by atoms with E-state index in [-0.39, 0.29) is 11.7 Å². The zero-order chi connectivity index (χ0) is 12.6. The van der Waals surface area contributed by atoms with Crippen LogP contribution in [-0.4, -0.2) is 4.98 Å². The summed E-state index contributed by atoms with van der Waals surface area (Å²) in [6.07, 6.45) is 0. The van der Waals surface area contributed by atoms with E-state index in [9.17, 15) is 4.39 Å². The first-order valence-electron chi connectivity index (χ1n) is 5.30. The van der Waals surface area contributed by atoms with Gasteiger partial charge in [0.2, 0.25) is 0 Å². The van der Waals surface area contributed by atoms with Gasteiger partial charge in [0.1, 0.15) is 11.3 Å². The van der Waals surface area contributed by atoms with E-state index < -0.39 is 0 Å². The van der Waals surface area contributed by atoms with Crippen LogP contribution in [0.15, 0.2) is 22.7 Å². The highest BCUT2D eigenvalue weighted by molar-refractivity contribution is 9.10. The molecule has 0 radical (unpaired) electrons. The molecule has 0 unspecified atom stereocenters. The molecule has 0 fully saturated rings. The molecule has 0 amide bonds. The first kappa shape index (κ1) is 12.3. The van der Waals surface area contributed by atoms with Crippen molar-refractivity contribution in [1.82, 2.24) is 4.98 Å². The number of hydrazine groups is 1. The number of aromatic nitrogens is 1. The van der Waals surface area contributed by atoms with Crippen LogP contribution in [0, 0.1) is 5.82 Å². The molecule has 0 spiro atoms. The summed E-state index contributed by atoms with van der Waals surface area (Å²) >= 11 is 3.38. The number of nitrogens with two attached hydrogens (primary N) is 1. The van der Waals surface area contributed by atoms with E-state index in [1.54, 1.807) is 6.07 Å². The van der Waals surface area contributed by atoms with Gasteiger partial charge in [-0.15, -0.1) is 0 Å². The molecule has 0 aliphatic rings. The summed E-state index contributed by atoms with van der Waals surface area (Å²) < 4.78 is 14.5. The Morgan fingerprint density at radius 3 is 2.71 bits per heavy atom. The zero-order valence-electron chi connectivity index (χ0n) is 9.59. The van der Waals surface area contributed by atoms with Gasteiger partial charge in [0.05, 0.1) is 5.69 Å². The minimum Gasteiger partial charge on any atom is -0.323 e. The van der Waals surface area contributed by atoms with Gasteiger partial charge in [-0.1, -0.05) is 29.8 Å². The Hall–Kier alpha value is -1.20. The number of fused-ring (bicyclic) bond motifs is 1. The van der Waals surface area contributed by atoms with Gasteiger partial charge in [-0.25, -0.2) is 9.37 Å². The van der Waals surface area contributed by atoms with Crippen LogP contribution in [0.2, 0.25) is 0 Å². The highest BCUT2D eigenvalue weighted by Crippen LogP contribution is 2.33. The molecule has 0 aliphatic carbocycles. The van der Waals surface area contributed by atoms with Crippen LogP contribution in [0.5, 0.6) is 0 Å². The highest BCUT2D eigenvalue weighted by Gasteiger charge is 2.13. The average Bonchev–Trinajstić information content (AvgIpc) is 2.32. The van der Waals surface area contributed by atoms with Crippen molar-refractivity contribution in [3.63, 3.8) is 0 Å². The number of nitrogens with one attached hydrogen (secondary N) is 1. The topological polar surface area (TPSA) is 50.9 Å². The predicted octanol–water partition coefficient (Wildman–Crippen LogP) is 3.55. The summed E-state index contributed by atoms with van der Waals surface area (Å²) in [5.74, 6) is 5.35. The largest absolute Gasteiger partial charge is 0.323 e. The smallest absolute Gasteiger partial charge is 0.149 e. The Morgan fingerprint density at radius 1 is 1.41 bits per heavy atom. The van der Waals surface area contributed by atoms with E-state index >= 15 is 0 Å². The Labute approximate surface area is 107 Å². The van der Waals surface area contributed by atoms with Gasteiger partial charge < -0.3 is 5.43 Å². The van der Waals surface area contributed by atoms with Gasteiger partial charge in [0.25, 0.3) is 0 Å². The lowest BCUT2D eigenvalue weighted by atomic mass is 10.1. The first-order valence-corrected chi connectivity index (χ1v) is 6.09. The van der Waals surface area contributed by atoms with Crippen LogP contribution < -0.4 is 11.3 Å². The Balaban J connectivity index is 2.87. The molecule has 0 saturated carbocycles. The van der Waals surface area contributed by atoms with E-state index in [1.807, 2.05) is 19.9 Å². The van der Waals surface area contributed by atoms with Crippen LogP contribution in [0.1, 0.15) is 25.5 Å². The molecule has 1 aromatic heterocycles. The number of anilines is 1. The number of rotatable bonds is 2. The highest BCUT2D eigenvalue weighted by atomic mass is 79.9. The SMILES string of the molecule is CC(C)c1cc(NN)c2c(Br)ccc(F)c2n1. The number of pyridine rings is 1. The molecule has 5 heteroatoms. The van der Waals surface area contributed by atoms with Crippen molar-refractivity contribution in [1.29, 1.82) is 0 Å². The number of nitrogens with zero attached hydrogens (tertiary/aromatic N) is 1. The van der Waals surface area contributed by atoms with Crippen LogP contribution in [-0.2, 0) is 0 Å². The summed E-state index contributed by atoms with van der Waals surface area (Å²) in [7, 11) is 0. The maximum absolute atomic E-state index is 13.8. The van der Waals surface area contributed by atoms with Crippen LogP contribution in [0.3, 0.4) is 0 Å². The number of benzene rings is 1. The summed E-state index contributed by atoms with van der Waals surface area (Å²) in [5, 5.41) is 0.664. The lowest BCUT2D eigenvalue weighted by Crippen LogP contribution is -2.09. The Morgan fingerprint density at radius 2 is 2.12 bits per heavy atom. The normalized spacial score (nSPS) is 11.2. The molecule has 0 saturated heterocycles. The van der Waals surface area contributed by atoms with Gasteiger partial charge >= 0.3 is 0 Å². The Kier molecular flexibility index (Phi) is 3.31. The maximum atomic E-state index is 13.8. The minimum atomic E-state index is -0.345. The number of nitrogen functional groups attached to an aromatic ring is 1. The maximum Gasteiger partial charge on any atom is 0.149 e. The second-order valence-corrected chi connectivity index (χ2v) is 5.00. The third-order valence-corrected chi connectivity index (χ3v) is 3.29. The fourth-order valence-electron chi connectivity index (χ4n) is 1.70. The van der Waals surface area contributed by atoms with Crippen LogP contribution in [0.4, 0.5) is 10.1 Å². The van der Waals surface area contributed by atoms with E-state index in [1.165, 1.54) is 6.07 Å². The third kappa shape index (κ3) is 2.12. The standard InChI is InChI=1S/C12H13BrFN3/c1-6(2)9-5-10(17-15)11-7(13)3-4-8(14)12(11)16-9/h3-6H,15H2,1-2H3,(H,16,17). The van der Waals surface area contributed by atoms with Crippen molar-refractivity contribution in [2.75, 3.05) is 5.43 Å². The quantitative estimate of drug-likeness (QED) is 0.658. The van der Waals surface area contributed by atoms with Gasteiger partial charge in [0, 0.05) is 15.6 Å². The van der Waals surface area contributed by atoms with Gasteiger partial charge in [-0.2, -0.15) is 0 Å². The van der Waals surface area contributed by atoms with Crippen LogP contribution >= 0.6 is 15.9 Å². The molecule has 1 heterocycles. The molecule has 90 valence electrons. The Bertz CT molecular complexity index is 569. The lowest BCUT2D eigenvalue weighted by molar-refractivity contribution is 0.635. The van der Waals surface area contributed by atoms with E-state index in [0.29, 0.717) is 16.6 Å². The fraction of sp³-hybridized carbons (Fsp3) is 0.250. The molecular formula is C12H13BrFN3. The molecule has 0 atom stereocenters. The van der Waals surface area contributed by atoms with Crippen LogP contribution in [0.25, 0.3) is 10.9 Å². The predicted molar refractivity (Wildman–Crippen MR) is 71.3 cm³/mol. The summed E-state index contributed by atoms with van der Waals surface area (Å²) in [4.78, 5) is 4.34. The molecular weight excluding hydrogens is 285 g/mol. The second kappa shape index (κ2) is 4.58. The zero-order valence-corrected chi connectivity index (χ0v) is 11.2. The number of hydrogen-bond acceptors (Lipinski definition) is 3. The van der Waals surface area contributed by atoms with E-state index in [2.05, 4.69) is 26.3 Å². The van der Waals surface area contributed by atoms with Crippen molar-refractivity contribution in [2.45, 2.75) is 19.8 Å². The monoisotopic (exact) mass is 297 g/mol. The molecule has 0 bridgehead atoms. The summed E-state index contributed by atoms with van der Waals surface area (Å²) in [6.45, 7) is 4.01. The third-order valence-electron chi connectivity index (χ3n) is 2.63. The van der Waals surface area contributed by atoms with E-state index in [4.69, 9.17) is 5.84 Å². The summed E-state index contributed by atoms with van der Waals surface area (Å²) in [5.41, 5.74) is 4.41. The first-order chi connectivity index (χ1) is 8.04.